The quantitative estimate of drug-likeness (QED) is 0.820. The van der Waals surface area contributed by atoms with Gasteiger partial charge in [0.2, 0.25) is 5.91 Å². The molecule has 4 nitrogen and oxygen atoms in total. The molecule has 2 aliphatic carbocycles. The van der Waals surface area contributed by atoms with Crippen LogP contribution >= 0.6 is 0 Å². The van der Waals surface area contributed by atoms with E-state index < -0.39 is 0 Å². The highest BCUT2D eigenvalue weighted by Crippen LogP contribution is 2.48. The molecule has 0 heterocycles. The molecule has 4 atom stereocenters. The van der Waals surface area contributed by atoms with Gasteiger partial charge in [-0.1, -0.05) is 12.1 Å². The summed E-state index contributed by atoms with van der Waals surface area (Å²) in [6, 6.07) is 7.72. The topological polar surface area (TPSA) is 58.6 Å². The van der Waals surface area contributed by atoms with Gasteiger partial charge in [0.1, 0.15) is 5.75 Å². The average Bonchev–Trinajstić information content (AvgIpc) is 3.14. The van der Waals surface area contributed by atoms with E-state index >= 15 is 0 Å². The van der Waals surface area contributed by atoms with Crippen LogP contribution in [-0.2, 0) is 4.79 Å². The smallest absolute Gasteiger partial charge is 0.244 e. The number of ether oxygens (including phenoxy) is 1. The van der Waals surface area contributed by atoms with Crippen LogP contribution in [0.3, 0.4) is 0 Å². The number of amides is 1. The van der Waals surface area contributed by atoms with Gasteiger partial charge in [-0.2, -0.15) is 0 Å². The number of hydrogen-bond acceptors (Lipinski definition) is 3. The highest BCUT2D eigenvalue weighted by Gasteiger charge is 2.47. The third kappa shape index (κ3) is 3.02. The molecule has 0 aliphatic heterocycles. The molecule has 22 heavy (non-hydrogen) atoms. The fourth-order valence-electron chi connectivity index (χ4n) is 4.03. The molecule has 4 unspecified atom stereocenters. The number of hydrogen-bond donors (Lipinski definition) is 2. The van der Waals surface area contributed by atoms with Crippen LogP contribution in [0, 0.1) is 17.8 Å². The zero-order valence-electron chi connectivity index (χ0n) is 12.9. The van der Waals surface area contributed by atoms with E-state index in [-0.39, 0.29) is 24.5 Å². The molecule has 0 spiro atoms. The number of carbonyl (C=O) groups is 1. The summed E-state index contributed by atoms with van der Waals surface area (Å²) < 4.78 is 5.17. The molecule has 1 aromatic rings. The minimum atomic E-state index is -0.0844. The Morgan fingerprint density at radius 3 is 3.00 bits per heavy atom. The van der Waals surface area contributed by atoms with E-state index in [9.17, 15) is 9.90 Å². The van der Waals surface area contributed by atoms with Gasteiger partial charge in [-0.25, -0.2) is 0 Å². The third-order valence-electron chi connectivity index (χ3n) is 5.13. The highest BCUT2D eigenvalue weighted by molar-refractivity contribution is 5.92. The minimum Gasteiger partial charge on any atom is -0.497 e. The molecule has 118 valence electrons. The molecule has 1 aromatic carbocycles. The number of methoxy groups -OCH3 is 1. The number of carbonyl (C=O) groups excluding carboxylic acids is 1. The van der Waals surface area contributed by atoms with Gasteiger partial charge < -0.3 is 15.2 Å². The second-order valence-corrected chi connectivity index (χ2v) is 6.32. The van der Waals surface area contributed by atoms with Crippen molar-refractivity contribution in [3.8, 4) is 5.75 Å². The summed E-state index contributed by atoms with van der Waals surface area (Å²) in [5.41, 5.74) is 0.932. The summed E-state index contributed by atoms with van der Waals surface area (Å²) >= 11 is 0. The first-order valence-corrected chi connectivity index (χ1v) is 7.94. The first-order valence-electron chi connectivity index (χ1n) is 7.94. The van der Waals surface area contributed by atoms with Crippen LogP contribution in [0.4, 0.5) is 0 Å². The lowest BCUT2D eigenvalue weighted by atomic mass is 9.85. The van der Waals surface area contributed by atoms with Gasteiger partial charge in [0, 0.05) is 24.6 Å². The highest BCUT2D eigenvalue weighted by atomic mass is 16.5. The number of benzene rings is 1. The van der Waals surface area contributed by atoms with Gasteiger partial charge in [-0.3, -0.25) is 4.79 Å². The molecule has 0 radical (unpaired) electrons. The van der Waals surface area contributed by atoms with Gasteiger partial charge in [0.15, 0.2) is 0 Å². The Morgan fingerprint density at radius 1 is 1.41 bits per heavy atom. The summed E-state index contributed by atoms with van der Waals surface area (Å²) in [6.07, 6.45) is 6.87. The lowest BCUT2D eigenvalue weighted by Crippen LogP contribution is -2.44. The maximum atomic E-state index is 12.2. The number of fused-ring (bicyclic) bond motifs is 2. The maximum Gasteiger partial charge on any atom is 0.244 e. The zero-order valence-corrected chi connectivity index (χ0v) is 12.9. The number of aliphatic hydroxyl groups excluding tert-OH is 1. The normalized spacial score (nSPS) is 29.9. The minimum absolute atomic E-state index is 0.0844. The fraction of sp³-hybridized carbons (Fsp3) is 0.500. The van der Waals surface area contributed by atoms with Crippen LogP contribution in [0.1, 0.15) is 24.8 Å². The SMILES string of the molecule is COc1cccc(/C=C/C(=O)NC2C3CCC(C3)C2CO)c1. The summed E-state index contributed by atoms with van der Waals surface area (Å²) in [5.74, 6) is 2.04. The van der Waals surface area contributed by atoms with E-state index in [1.807, 2.05) is 24.3 Å². The molecule has 2 bridgehead atoms. The molecule has 0 saturated heterocycles. The molecule has 1 amide bonds. The molecule has 2 N–H and O–H groups in total. The standard InChI is InChI=1S/C18H23NO3/c1-22-15-4-2-3-12(9-15)5-8-17(21)19-18-14-7-6-13(10-14)16(18)11-20/h2-5,8-9,13-14,16,18,20H,6-7,10-11H2,1H3,(H,19,21)/b8-5+. The lowest BCUT2D eigenvalue weighted by molar-refractivity contribution is -0.117. The maximum absolute atomic E-state index is 12.2. The molecular weight excluding hydrogens is 278 g/mol. The Morgan fingerprint density at radius 2 is 2.23 bits per heavy atom. The Labute approximate surface area is 131 Å². The molecule has 3 rings (SSSR count). The van der Waals surface area contributed by atoms with Crippen LogP contribution in [-0.4, -0.2) is 30.8 Å². The average molecular weight is 301 g/mol. The van der Waals surface area contributed by atoms with Crippen LogP contribution in [0.5, 0.6) is 5.75 Å². The van der Waals surface area contributed by atoms with Crippen molar-refractivity contribution in [2.45, 2.75) is 25.3 Å². The molecule has 2 fully saturated rings. The van der Waals surface area contributed by atoms with Crippen molar-refractivity contribution in [1.82, 2.24) is 5.32 Å². The van der Waals surface area contributed by atoms with Crippen molar-refractivity contribution < 1.29 is 14.6 Å². The summed E-state index contributed by atoms with van der Waals surface area (Å²) in [7, 11) is 1.62. The van der Waals surface area contributed by atoms with Crippen molar-refractivity contribution in [3.05, 3.63) is 35.9 Å². The van der Waals surface area contributed by atoms with Gasteiger partial charge in [0.05, 0.1) is 7.11 Å². The second-order valence-electron chi connectivity index (χ2n) is 6.32. The van der Waals surface area contributed by atoms with Crippen LogP contribution in [0.2, 0.25) is 0 Å². The zero-order chi connectivity index (χ0) is 15.5. The molecule has 2 aliphatic rings. The van der Waals surface area contributed by atoms with Crippen LogP contribution in [0.15, 0.2) is 30.3 Å². The van der Waals surface area contributed by atoms with Crippen LogP contribution < -0.4 is 10.1 Å². The van der Waals surface area contributed by atoms with E-state index in [1.165, 1.54) is 12.8 Å². The first kappa shape index (κ1) is 15.1. The van der Waals surface area contributed by atoms with Gasteiger partial charge in [0.25, 0.3) is 0 Å². The lowest BCUT2D eigenvalue weighted by Gasteiger charge is -2.30. The van der Waals surface area contributed by atoms with Crippen molar-refractivity contribution >= 4 is 12.0 Å². The van der Waals surface area contributed by atoms with Gasteiger partial charge >= 0.3 is 0 Å². The van der Waals surface area contributed by atoms with Crippen molar-refractivity contribution in [3.63, 3.8) is 0 Å². The van der Waals surface area contributed by atoms with Crippen molar-refractivity contribution in [1.29, 1.82) is 0 Å². The van der Waals surface area contributed by atoms with E-state index in [2.05, 4.69) is 5.32 Å². The monoisotopic (exact) mass is 301 g/mol. The Kier molecular flexibility index (Phi) is 4.48. The third-order valence-corrected chi connectivity index (χ3v) is 5.13. The van der Waals surface area contributed by atoms with E-state index in [4.69, 9.17) is 4.74 Å². The summed E-state index contributed by atoms with van der Waals surface area (Å²) in [4.78, 5) is 12.2. The fourth-order valence-corrected chi connectivity index (χ4v) is 4.03. The number of aliphatic hydroxyl groups is 1. The van der Waals surface area contributed by atoms with Gasteiger partial charge in [-0.15, -0.1) is 0 Å². The number of rotatable bonds is 5. The van der Waals surface area contributed by atoms with E-state index in [1.54, 1.807) is 19.3 Å². The number of nitrogens with one attached hydrogen (secondary N) is 1. The summed E-state index contributed by atoms with van der Waals surface area (Å²) in [5, 5.41) is 12.6. The molecular formula is C18H23NO3. The van der Waals surface area contributed by atoms with Crippen LogP contribution in [0.25, 0.3) is 6.08 Å². The summed E-state index contributed by atoms with van der Waals surface area (Å²) in [6.45, 7) is 0.172. The Bertz CT molecular complexity index is 569. The Hall–Kier alpha value is -1.81. The molecule has 0 aromatic heterocycles. The predicted octanol–water partition coefficient (Wildman–Crippen LogP) is 2.23. The van der Waals surface area contributed by atoms with Gasteiger partial charge in [-0.05, 0) is 54.9 Å². The molecule has 2 saturated carbocycles. The van der Waals surface area contributed by atoms with E-state index in [0.29, 0.717) is 11.8 Å². The Balaban J connectivity index is 1.61. The first-order chi connectivity index (χ1) is 10.7. The largest absolute Gasteiger partial charge is 0.497 e. The van der Waals surface area contributed by atoms with Crippen molar-refractivity contribution in [2.24, 2.45) is 17.8 Å². The van der Waals surface area contributed by atoms with Crippen molar-refractivity contribution in [2.75, 3.05) is 13.7 Å². The van der Waals surface area contributed by atoms with E-state index in [0.717, 1.165) is 17.7 Å². The predicted molar refractivity (Wildman–Crippen MR) is 85.4 cm³/mol. The second kappa shape index (κ2) is 6.53. The molecule has 4 heteroatoms.